The molecule has 7 heteroatoms. The number of benzene rings is 1. The summed E-state index contributed by atoms with van der Waals surface area (Å²) in [7, 11) is 0. The highest BCUT2D eigenvalue weighted by Gasteiger charge is 2.12. The summed E-state index contributed by atoms with van der Waals surface area (Å²) in [5.74, 6) is 0.464. The summed E-state index contributed by atoms with van der Waals surface area (Å²) in [5, 5.41) is 6.81. The van der Waals surface area contributed by atoms with E-state index in [2.05, 4.69) is 10.2 Å². The number of hydrogen-bond acceptors (Lipinski definition) is 5. The lowest BCUT2D eigenvalue weighted by molar-refractivity contribution is 1.00. The fourth-order valence-electron chi connectivity index (χ4n) is 2.15. The Hall–Kier alpha value is -2.67. The molecule has 0 saturated heterocycles. The van der Waals surface area contributed by atoms with Gasteiger partial charge in [0, 0.05) is 5.69 Å². The maximum atomic E-state index is 11.8. The van der Waals surface area contributed by atoms with E-state index >= 15 is 0 Å². The highest BCUT2D eigenvalue weighted by molar-refractivity contribution is 7.71. The lowest BCUT2D eigenvalue weighted by Gasteiger charge is -2.13. The molecule has 0 amide bonds. The van der Waals surface area contributed by atoms with Gasteiger partial charge in [-0.05, 0) is 18.2 Å². The van der Waals surface area contributed by atoms with E-state index in [9.17, 15) is 4.79 Å². The van der Waals surface area contributed by atoms with Crippen LogP contribution < -0.4 is 17.0 Å². The van der Waals surface area contributed by atoms with Gasteiger partial charge < -0.3 is 11.5 Å². The van der Waals surface area contributed by atoms with Crippen LogP contribution in [0.2, 0.25) is 0 Å². The van der Waals surface area contributed by atoms with Crippen LogP contribution in [0.5, 0.6) is 0 Å². The second-order valence-electron chi connectivity index (χ2n) is 4.27. The molecular weight excluding hydrogens is 274 g/mol. The first-order chi connectivity index (χ1) is 9.59. The third kappa shape index (κ3) is 1.76. The van der Waals surface area contributed by atoms with E-state index in [0.717, 1.165) is 5.69 Å². The van der Waals surface area contributed by atoms with Crippen molar-refractivity contribution in [2.75, 3.05) is 11.5 Å². The summed E-state index contributed by atoms with van der Waals surface area (Å²) in [6, 6.07) is 11.0. The summed E-state index contributed by atoms with van der Waals surface area (Å²) in [6.45, 7) is 0. The second-order valence-corrected chi connectivity index (χ2v) is 4.68. The van der Waals surface area contributed by atoms with Crippen molar-refractivity contribution in [3.63, 3.8) is 0 Å². The Bertz CT molecular complexity index is 914. The molecule has 0 aliphatic heterocycles. The molecule has 100 valence electrons. The van der Waals surface area contributed by atoms with Crippen molar-refractivity contribution in [1.82, 2.24) is 14.8 Å². The molecule has 0 spiro atoms. The number of nitrogen functional groups attached to an aromatic ring is 2. The Balaban J connectivity index is 2.51. The monoisotopic (exact) mass is 285 g/mol. The summed E-state index contributed by atoms with van der Waals surface area (Å²) < 4.78 is 2.09. The average Bonchev–Trinajstić information content (AvgIpc) is 2.44. The third-order valence-electron chi connectivity index (χ3n) is 3.05. The van der Waals surface area contributed by atoms with Gasteiger partial charge in [0.1, 0.15) is 10.5 Å². The van der Waals surface area contributed by atoms with Crippen LogP contribution in [-0.4, -0.2) is 14.8 Å². The molecule has 0 unspecified atom stereocenters. The van der Waals surface area contributed by atoms with Crippen LogP contribution in [0.4, 0.5) is 11.6 Å². The first kappa shape index (κ1) is 12.4. The fourth-order valence-corrected chi connectivity index (χ4v) is 2.47. The molecule has 0 bridgehead atoms. The van der Waals surface area contributed by atoms with Gasteiger partial charge >= 0.3 is 0 Å². The molecule has 0 aliphatic rings. The minimum absolute atomic E-state index is 0.164. The predicted octanol–water partition coefficient (Wildman–Crippen LogP) is 1.61. The Morgan fingerprint density at radius 2 is 1.90 bits per heavy atom. The number of rotatable bonds is 1. The summed E-state index contributed by atoms with van der Waals surface area (Å²) >= 11 is 5.32. The van der Waals surface area contributed by atoms with Crippen LogP contribution in [0.25, 0.3) is 16.5 Å². The quantitative estimate of drug-likeness (QED) is 0.589. The SMILES string of the molecule is Nc1n[nH]c(=O)c2cc(=S)n(-c3ccccc3)c(N)c12. The second kappa shape index (κ2) is 4.46. The van der Waals surface area contributed by atoms with Crippen LogP contribution >= 0.6 is 12.2 Å². The van der Waals surface area contributed by atoms with Gasteiger partial charge in [-0.25, -0.2) is 5.10 Å². The molecule has 2 heterocycles. The van der Waals surface area contributed by atoms with Gasteiger partial charge in [-0.15, -0.1) is 0 Å². The van der Waals surface area contributed by atoms with Crippen molar-refractivity contribution < 1.29 is 0 Å². The number of nitrogens with one attached hydrogen (secondary N) is 1. The molecule has 5 N–H and O–H groups in total. The molecule has 3 aromatic rings. The lowest BCUT2D eigenvalue weighted by atomic mass is 10.2. The maximum Gasteiger partial charge on any atom is 0.272 e. The average molecular weight is 285 g/mol. The van der Waals surface area contributed by atoms with Gasteiger partial charge in [-0.3, -0.25) is 9.36 Å². The Morgan fingerprint density at radius 3 is 2.60 bits per heavy atom. The zero-order valence-electron chi connectivity index (χ0n) is 10.3. The minimum atomic E-state index is -0.368. The van der Waals surface area contributed by atoms with Crippen LogP contribution in [0.15, 0.2) is 41.2 Å². The number of anilines is 2. The van der Waals surface area contributed by atoms with E-state index in [1.807, 2.05) is 30.3 Å². The number of aromatic amines is 1. The van der Waals surface area contributed by atoms with E-state index in [1.165, 1.54) is 0 Å². The molecule has 0 radical (unpaired) electrons. The minimum Gasteiger partial charge on any atom is -0.384 e. The van der Waals surface area contributed by atoms with Crippen LogP contribution in [0.1, 0.15) is 0 Å². The van der Waals surface area contributed by atoms with E-state index < -0.39 is 0 Å². The lowest BCUT2D eigenvalue weighted by Crippen LogP contribution is -2.15. The normalized spacial score (nSPS) is 10.8. The molecule has 0 atom stereocenters. The molecule has 0 fully saturated rings. The number of nitrogens with two attached hydrogens (primary N) is 2. The number of fused-ring (bicyclic) bond motifs is 1. The smallest absolute Gasteiger partial charge is 0.272 e. The van der Waals surface area contributed by atoms with Crippen LogP contribution in [-0.2, 0) is 0 Å². The van der Waals surface area contributed by atoms with Crippen molar-refractivity contribution in [3.8, 4) is 5.69 Å². The number of para-hydroxylation sites is 1. The van der Waals surface area contributed by atoms with E-state index in [1.54, 1.807) is 10.6 Å². The molecule has 0 saturated carbocycles. The Kier molecular flexibility index (Phi) is 2.76. The number of pyridine rings is 1. The first-order valence-electron chi connectivity index (χ1n) is 5.84. The van der Waals surface area contributed by atoms with Gasteiger partial charge in [-0.2, -0.15) is 5.10 Å². The van der Waals surface area contributed by atoms with Crippen molar-refractivity contribution in [2.45, 2.75) is 0 Å². The number of hydrogen-bond donors (Lipinski definition) is 3. The fraction of sp³-hybridized carbons (Fsp3) is 0. The molecule has 0 aliphatic carbocycles. The highest BCUT2D eigenvalue weighted by Crippen LogP contribution is 2.26. The first-order valence-corrected chi connectivity index (χ1v) is 6.25. The van der Waals surface area contributed by atoms with Gasteiger partial charge in [0.2, 0.25) is 0 Å². The third-order valence-corrected chi connectivity index (χ3v) is 3.35. The number of H-pyrrole nitrogens is 1. The van der Waals surface area contributed by atoms with Crippen molar-refractivity contribution in [1.29, 1.82) is 0 Å². The number of nitrogens with zero attached hydrogens (tertiary/aromatic N) is 2. The summed E-state index contributed by atoms with van der Waals surface area (Å²) in [5.41, 5.74) is 12.4. The standard InChI is InChI=1S/C13H11N5OS/c14-11-10-8(13(19)17-16-11)6-9(20)18(12(10)15)7-4-2-1-3-5-7/h1-6H,15H2,(H2,14,16)(H,17,19). The topological polar surface area (TPSA) is 103 Å². The summed E-state index contributed by atoms with van der Waals surface area (Å²) in [4.78, 5) is 11.8. The van der Waals surface area contributed by atoms with E-state index in [0.29, 0.717) is 21.2 Å². The van der Waals surface area contributed by atoms with Crippen molar-refractivity contribution >= 4 is 34.6 Å². The van der Waals surface area contributed by atoms with Crippen molar-refractivity contribution in [2.24, 2.45) is 0 Å². The summed E-state index contributed by atoms with van der Waals surface area (Å²) in [6.07, 6.45) is 0. The van der Waals surface area contributed by atoms with Crippen molar-refractivity contribution in [3.05, 3.63) is 51.4 Å². The van der Waals surface area contributed by atoms with Gasteiger partial charge in [-0.1, -0.05) is 30.4 Å². The molecule has 6 nitrogen and oxygen atoms in total. The molecule has 3 rings (SSSR count). The highest BCUT2D eigenvalue weighted by atomic mass is 32.1. The number of aromatic nitrogens is 3. The molecule has 2 aromatic heterocycles. The van der Waals surface area contributed by atoms with Gasteiger partial charge in [0.05, 0.1) is 10.8 Å². The zero-order valence-corrected chi connectivity index (χ0v) is 11.1. The predicted molar refractivity (Wildman–Crippen MR) is 81.3 cm³/mol. The van der Waals surface area contributed by atoms with E-state index in [-0.39, 0.29) is 11.4 Å². The van der Waals surface area contributed by atoms with Crippen LogP contribution in [0, 0.1) is 4.64 Å². The Labute approximate surface area is 118 Å². The maximum absolute atomic E-state index is 11.8. The van der Waals surface area contributed by atoms with Gasteiger partial charge in [0.25, 0.3) is 5.56 Å². The van der Waals surface area contributed by atoms with E-state index in [4.69, 9.17) is 23.7 Å². The molecule has 1 aromatic carbocycles. The zero-order chi connectivity index (χ0) is 14.3. The largest absolute Gasteiger partial charge is 0.384 e. The molecule has 20 heavy (non-hydrogen) atoms. The molecular formula is C13H11N5OS. The van der Waals surface area contributed by atoms with Gasteiger partial charge in [0.15, 0.2) is 5.82 Å². The van der Waals surface area contributed by atoms with Crippen LogP contribution in [0.3, 0.4) is 0 Å². The Morgan fingerprint density at radius 1 is 1.20 bits per heavy atom.